The zero-order valence-corrected chi connectivity index (χ0v) is 14.0. The quantitative estimate of drug-likeness (QED) is 0.632. The molecule has 1 N–H and O–H groups in total. The highest BCUT2D eigenvalue weighted by molar-refractivity contribution is 5.92. The van der Waals surface area contributed by atoms with Crippen LogP contribution in [0.25, 0.3) is 0 Å². The minimum absolute atomic E-state index is 0.0256. The van der Waals surface area contributed by atoms with Crippen LogP contribution in [-0.4, -0.2) is 42.8 Å². The van der Waals surface area contributed by atoms with E-state index in [0.29, 0.717) is 0 Å². The van der Waals surface area contributed by atoms with Gasteiger partial charge < -0.3 is 18.9 Å². The zero-order chi connectivity index (χ0) is 17.0. The normalized spacial score (nSPS) is 21.4. The molecule has 0 bridgehead atoms. The lowest BCUT2D eigenvalue weighted by Gasteiger charge is -2.20. The summed E-state index contributed by atoms with van der Waals surface area (Å²) in [6.07, 6.45) is 0.283. The van der Waals surface area contributed by atoms with Gasteiger partial charge >= 0.3 is 12.1 Å². The first-order valence-electron chi connectivity index (χ1n) is 7.23. The maximum Gasteiger partial charge on any atom is 0.412 e. The Hall–Kier alpha value is -1.60. The summed E-state index contributed by atoms with van der Waals surface area (Å²) < 4.78 is 21.1. The Bertz CT molecular complexity index is 449. The molecule has 7 nitrogen and oxygen atoms in total. The molecule has 1 rings (SSSR count). The van der Waals surface area contributed by atoms with Crippen molar-refractivity contribution in [3.8, 4) is 0 Å². The van der Waals surface area contributed by atoms with E-state index in [9.17, 15) is 9.59 Å². The van der Waals surface area contributed by atoms with Crippen molar-refractivity contribution >= 4 is 12.1 Å². The van der Waals surface area contributed by atoms with Gasteiger partial charge in [-0.25, -0.2) is 9.59 Å². The highest BCUT2D eigenvalue weighted by Gasteiger charge is 2.32. The maximum absolute atomic E-state index is 11.9. The number of carbonyl (C=O) groups excluding carboxylic acids is 2. The Labute approximate surface area is 130 Å². The second-order valence-corrected chi connectivity index (χ2v) is 6.29. The van der Waals surface area contributed by atoms with E-state index in [1.165, 1.54) is 6.08 Å². The molecule has 0 saturated carbocycles. The predicted molar refractivity (Wildman–Crippen MR) is 79.0 cm³/mol. The van der Waals surface area contributed by atoms with Gasteiger partial charge in [0.25, 0.3) is 0 Å². The number of ether oxygens (including phenoxy) is 4. The van der Waals surface area contributed by atoms with Gasteiger partial charge in [-0.15, -0.1) is 0 Å². The van der Waals surface area contributed by atoms with Crippen LogP contribution in [0, 0.1) is 0 Å². The molecule has 1 saturated heterocycles. The first-order chi connectivity index (χ1) is 10.0. The summed E-state index contributed by atoms with van der Waals surface area (Å²) in [7, 11) is 0. The summed E-state index contributed by atoms with van der Waals surface area (Å²) in [5.41, 5.74) is -0.693. The number of esters is 1. The Balaban J connectivity index is 2.80. The van der Waals surface area contributed by atoms with Gasteiger partial charge in [0.1, 0.15) is 17.4 Å². The molecule has 0 aromatic heterocycles. The highest BCUT2D eigenvalue weighted by Crippen LogP contribution is 2.23. The van der Waals surface area contributed by atoms with Crippen molar-refractivity contribution in [3.63, 3.8) is 0 Å². The summed E-state index contributed by atoms with van der Waals surface area (Å²) in [5.74, 6) is -1.38. The van der Waals surface area contributed by atoms with Crippen molar-refractivity contribution in [3.05, 3.63) is 11.8 Å². The van der Waals surface area contributed by atoms with Gasteiger partial charge in [0.2, 0.25) is 0 Å². The average Bonchev–Trinajstić information content (AvgIpc) is 2.65. The topological polar surface area (TPSA) is 83.1 Å². The molecule has 1 aliphatic rings. The molecule has 0 unspecified atom stereocenters. The van der Waals surface area contributed by atoms with Crippen molar-refractivity contribution in [1.82, 2.24) is 5.32 Å². The van der Waals surface area contributed by atoms with Gasteiger partial charge in [0, 0.05) is 0 Å². The van der Waals surface area contributed by atoms with Crippen molar-refractivity contribution in [2.45, 2.75) is 59.0 Å². The number of nitrogens with one attached hydrogen (secondary N) is 1. The Morgan fingerprint density at radius 2 is 2.00 bits per heavy atom. The minimum Gasteiger partial charge on any atom is -0.461 e. The predicted octanol–water partition coefficient (Wildman–Crippen LogP) is 2.11. The molecule has 0 aromatic carbocycles. The summed E-state index contributed by atoms with van der Waals surface area (Å²) >= 11 is 0. The molecule has 22 heavy (non-hydrogen) atoms. The van der Waals surface area contributed by atoms with E-state index in [4.69, 9.17) is 18.9 Å². The molecule has 1 heterocycles. The summed E-state index contributed by atoms with van der Waals surface area (Å²) in [6, 6.07) is 0. The average molecular weight is 315 g/mol. The molecule has 1 aliphatic heterocycles. The second-order valence-electron chi connectivity index (χ2n) is 6.29. The summed E-state index contributed by atoms with van der Waals surface area (Å²) in [5, 5.41) is 2.40. The van der Waals surface area contributed by atoms with Gasteiger partial charge in [-0.3, -0.25) is 5.32 Å². The van der Waals surface area contributed by atoms with E-state index in [-0.39, 0.29) is 18.9 Å². The standard InChI is InChI=1S/C15H25NO6/c1-7-19-12(17)11(16-13(18)22-14(2,3)4)8-10-9-20-15(5,6)21-10/h8,10H,7,9H2,1-6H3,(H,16,18)/b11-8-/t10-/m0/s1. The molecule has 0 aliphatic carbocycles. The van der Waals surface area contributed by atoms with Crippen LogP contribution >= 0.6 is 0 Å². The Morgan fingerprint density at radius 3 is 2.45 bits per heavy atom. The fraction of sp³-hybridized carbons (Fsp3) is 0.733. The number of hydrogen-bond donors (Lipinski definition) is 1. The fourth-order valence-corrected chi connectivity index (χ4v) is 1.77. The molecular weight excluding hydrogens is 290 g/mol. The lowest BCUT2D eigenvalue weighted by molar-refractivity contribution is -0.140. The van der Waals surface area contributed by atoms with Crippen LogP contribution in [0.5, 0.6) is 0 Å². The SMILES string of the molecule is CCOC(=O)/C(=C/[C@H]1COC(C)(C)O1)NC(=O)OC(C)(C)C. The minimum atomic E-state index is -0.732. The van der Waals surface area contributed by atoms with Crippen LogP contribution < -0.4 is 5.32 Å². The van der Waals surface area contributed by atoms with E-state index >= 15 is 0 Å². The van der Waals surface area contributed by atoms with Gasteiger partial charge in [0.15, 0.2) is 5.79 Å². The van der Waals surface area contributed by atoms with Crippen LogP contribution in [-0.2, 0) is 23.7 Å². The van der Waals surface area contributed by atoms with Crippen molar-refractivity contribution in [2.24, 2.45) is 0 Å². The molecule has 0 radical (unpaired) electrons. The summed E-state index contributed by atoms with van der Waals surface area (Å²) in [4.78, 5) is 23.8. The van der Waals surface area contributed by atoms with Crippen LogP contribution in [0.15, 0.2) is 11.8 Å². The number of hydrogen-bond acceptors (Lipinski definition) is 6. The molecule has 7 heteroatoms. The number of amides is 1. The molecule has 126 valence electrons. The molecule has 1 amide bonds. The van der Waals surface area contributed by atoms with E-state index in [2.05, 4.69) is 5.32 Å². The molecular formula is C15H25NO6. The highest BCUT2D eigenvalue weighted by atomic mass is 16.7. The zero-order valence-electron chi connectivity index (χ0n) is 14.0. The smallest absolute Gasteiger partial charge is 0.412 e. The lowest BCUT2D eigenvalue weighted by Crippen LogP contribution is -2.35. The third kappa shape index (κ3) is 6.44. The van der Waals surface area contributed by atoms with Crippen molar-refractivity contribution < 1.29 is 28.5 Å². The first kappa shape index (κ1) is 18.4. The number of alkyl carbamates (subject to hydrolysis) is 1. The first-order valence-corrected chi connectivity index (χ1v) is 7.23. The van der Waals surface area contributed by atoms with Gasteiger partial charge in [-0.2, -0.15) is 0 Å². The molecule has 1 fully saturated rings. The third-order valence-electron chi connectivity index (χ3n) is 2.51. The molecule has 0 spiro atoms. The van der Waals surface area contributed by atoms with Gasteiger partial charge in [-0.1, -0.05) is 0 Å². The molecule has 0 aromatic rings. The second kappa shape index (κ2) is 7.11. The Kier molecular flexibility index (Phi) is 5.96. The largest absolute Gasteiger partial charge is 0.461 e. The fourth-order valence-electron chi connectivity index (χ4n) is 1.77. The Morgan fingerprint density at radius 1 is 1.36 bits per heavy atom. The van der Waals surface area contributed by atoms with E-state index in [1.54, 1.807) is 41.5 Å². The lowest BCUT2D eigenvalue weighted by atomic mass is 10.2. The third-order valence-corrected chi connectivity index (χ3v) is 2.51. The monoisotopic (exact) mass is 315 g/mol. The van der Waals surface area contributed by atoms with Crippen LogP contribution in [0.2, 0.25) is 0 Å². The van der Waals surface area contributed by atoms with Gasteiger partial charge in [-0.05, 0) is 47.6 Å². The van der Waals surface area contributed by atoms with E-state index in [1.807, 2.05) is 0 Å². The maximum atomic E-state index is 11.9. The van der Waals surface area contributed by atoms with Crippen LogP contribution in [0.1, 0.15) is 41.5 Å². The molecule has 1 atom stereocenters. The summed E-state index contributed by atoms with van der Waals surface area (Å²) in [6.45, 7) is 10.9. The van der Waals surface area contributed by atoms with E-state index < -0.39 is 29.6 Å². The van der Waals surface area contributed by atoms with E-state index in [0.717, 1.165) is 0 Å². The number of rotatable bonds is 4. The van der Waals surface area contributed by atoms with Crippen molar-refractivity contribution in [1.29, 1.82) is 0 Å². The van der Waals surface area contributed by atoms with Gasteiger partial charge in [0.05, 0.1) is 13.2 Å². The van der Waals surface area contributed by atoms with Crippen LogP contribution in [0.3, 0.4) is 0 Å². The van der Waals surface area contributed by atoms with Crippen LogP contribution in [0.4, 0.5) is 4.79 Å². The number of carbonyl (C=O) groups is 2. The van der Waals surface area contributed by atoms with Crippen molar-refractivity contribution in [2.75, 3.05) is 13.2 Å².